The average molecular weight is 419 g/mol. The largest absolute Gasteiger partial charge is 0.338 e. The summed E-state index contributed by atoms with van der Waals surface area (Å²) in [4.78, 5) is 29.5. The SMILES string of the molecule is CC(C(=O)N1CCN(C/C=C/c2ccccc2)CC1)n1nc(-n2cccn2)ccc1=O. The molecule has 8 nitrogen and oxygen atoms in total. The summed E-state index contributed by atoms with van der Waals surface area (Å²) in [6.07, 6.45) is 7.65. The fourth-order valence-electron chi connectivity index (χ4n) is 3.64. The molecule has 2 aromatic heterocycles. The summed E-state index contributed by atoms with van der Waals surface area (Å²) in [5.74, 6) is 0.408. The zero-order valence-corrected chi connectivity index (χ0v) is 17.5. The lowest BCUT2D eigenvalue weighted by Crippen LogP contribution is -2.51. The molecule has 3 heterocycles. The monoisotopic (exact) mass is 418 g/mol. The second kappa shape index (κ2) is 9.53. The van der Waals surface area contributed by atoms with E-state index in [1.165, 1.54) is 16.3 Å². The molecule has 0 N–H and O–H groups in total. The number of amides is 1. The molecular weight excluding hydrogens is 392 g/mol. The van der Waals surface area contributed by atoms with E-state index in [4.69, 9.17) is 0 Å². The first-order valence-electron chi connectivity index (χ1n) is 10.4. The molecule has 4 rings (SSSR count). The molecule has 1 aliphatic heterocycles. The molecule has 8 heteroatoms. The third-order valence-corrected chi connectivity index (χ3v) is 5.43. The van der Waals surface area contributed by atoms with Gasteiger partial charge < -0.3 is 4.90 Å². The molecule has 160 valence electrons. The normalized spacial score (nSPS) is 16.0. The first-order chi connectivity index (χ1) is 15.1. The summed E-state index contributed by atoms with van der Waals surface area (Å²) >= 11 is 0. The molecule has 1 atom stereocenters. The molecule has 1 aliphatic rings. The van der Waals surface area contributed by atoms with E-state index in [9.17, 15) is 9.59 Å². The lowest BCUT2D eigenvalue weighted by atomic mass is 10.2. The van der Waals surface area contributed by atoms with Crippen molar-refractivity contribution in [2.45, 2.75) is 13.0 Å². The van der Waals surface area contributed by atoms with Gasteiger partial charge >= 0.3 is 0 Å². The van der Waals surface area contributed by atoms with E-state index in [1.54, 1.807) is 36.1 Å². The number of rotatable bonds is 6. The van der Waals surface area contributed by atoms with Crippen LogP contribution in [0.25, 0.3) is 11.9 Å². The lowest BCUT2D eigenvalue weighted by molar-refractivity contribution is -0.136. The van der Waals surface area contributed by atoms with Crippen LogP contribution in [0, 0.1) is 0 Å². The quantitative estimate of drug-likeness (QED) is 0.611. The molecule has 31 heavy (non-hydrogen) atoms. The van der Waals surface area contributed by atoms with Crippen molar-refractivity contribution in [3.8, 4) is 5.82 Å². The maximum Gasteiger partial charge on any atom is 0.267 e. The van der Waals surface area contributed by atoms with Crippen LogP contribution in [-0.2, 0) is 4.79 Å². The number of piperazine rings is 1. The minimum absolute atomic E-state index is 0.0910. The Balaban J connectivity index is 1.35. The molecule has 0 aliphatic carbocycles. The standard InChI is InChI=1S/C23H26N6O2/c1-19(29-22(30)11-10-21(25-29)28-14-6-12-24-28)23(31)27-17-15-26(16-18-27)13-5-9-20-7-3-2-4-8-20/h2-12,14,19H,13,15-18H2,1H3/b9-5+. The van der Waals surface area contributed by atoms with Crippen molar-refractivity contribution in [1.29, 1.82) is 0 Å². The van der Waals surface area contributed by atoms with E-state index in [0.29, 0.717) is 18.9 Å². The van der Waals surface area contributed by atoms with Crippen LogP contribution in [0.4, 0.5) is 0 Å². The van der Waals surface area contributed by atoms with E-state index in [0.717, 1.165) is 19.6 Å². The minimum Gasteiger partial charge on any atom is -0.338 e. The molecule has 0 saturated carbocycles. The van der Waals surface area contributed by atoms with E-state index in [1.807, 2.05) is 23.1 Å². The van der Waals surface area contributed by atoms with Gasteiger partial charge in [0.05, 0.1) is 0 Å². The Bertz CT molecular complexity index is 1080. The molecule has 0 spiro atoms. The second-order valence-electron chi connectivity index (χ2n) is 7.54. The van der Waals surface area contributed by atoms with Crippen molar-refractivity contribution in [2.75, 3.05) is 32.7 Å². The van der Waals surface area contributed by atoms with Gasteiger partial charge in [0.25, 0.3) is 5.56 Å². The summed E-state index contributed by atoms with van der Waals surface area (Å²) in [6.45, 7) is 5.43. The van der Waals surface area contributed by atoms with Gasteiger partial charge in [-0.3, -0.25) is 14.5 Å². The summed E-state index contributed by atoms with van der Waals surface area (Å²) in [6, 6.07) is 14.3. The molecule has 3 aromatic rings. The summed E-state index contributed by atoms with van der Waals surface area (Å²) in [7, 11) is 0. The first-order valence-corrected chi connectivity index (χ1v) is 10.4. The highest BCUT2D eigenvalue weighted by Gasteiger charge is 2.27. The van der Waals surface area contributed by atoms with Crippen LogP contribution in [0.5, 0.6) is 0 Å². The number of benzene rings is 1. The zero-order valence-electron chi connectivity index (χ0n) is 17.5. The van der Waals surface area contributed by atoms with Gasteiger partial charge in [-0.05, 0) is 24.6 Å². The van der Waals surface area contributed by atoms with Gasteiger partial charge in [0.1, 0.15) is 6.04 Å². The van der Waals surface area contributed by atoms with Crippen LogP contribution >= 0.6 is 0 Å². The predicted octanol–water partition coefficient (Wildman–Crippen LogP) is 1.85. The van der Waals surface area contributed by atoms with Crippen molar-refractivity contribution in [3.05, 3.63) is 82.9 Å². The second-order valence-corrected chi connectivity index (χ2v) is 7.54. The van der Waals surface area contributed by atoms with E-state index < -0.39 is 6.04 Å². The third-order valence-electron chi connectivity index (χ3n) is 5.43. The molecule has 1 amide bonds. The summed E-state index contributed by atoms with van der Waals surface area (Å²) in [5.41, 5.74) is 0.877. The zero-order chi connectivity index (χ0) is 21.6. The van der Waals surface area contributed by atoms with Crippen LogP contribution in [0.15, 0.2) is 71.8 Å². The van der Waals surface area contributed by atoms with Gasteiger partial charge in [-0.25, -0.2) is 9.36 Å². The van der Waals surface area contributed by atoms with Gasteiger partial charge in [-0.15, -0.1) is 5.10 Å². The number of hydrogen-bond acceptors (Lipinski definition) is 5. The van der Waals surface area contributed by atoms with Gasteiger partial charge in [0, 0.05) is 51.2 Å². The molecule has 1 saturated heterocycles. The predicted molar refractivity (Wildman–Crippen MR) is 119 cm³/mol. The molecule has 1 fully saturated rings. The fourth-order valence-corrected chi connectivity index (χ4v) is 3.64. The van der Waals surface area contributed by atoms with E-state index in [-0.39, 0.29) is 11.5 Å². The van der Waals surface area contributed by atoms with E-state index in [2.05, 4.69) is 39.4 Å². The van der Waals surface area contributed by atoms with Crippen molar-refractivity contribution < 1.29 is 4.79 Å². The van der Waals surface area contributed by atoms with Crippen molar-refractivity contribution in [2.24, 2.45) is 0 Å². The minimum atomic E-state index is -0.674. The maximum absolute atomic E-state index is 13.0. The fraction of sp³-hybridized carbons (Fsp3) is 0.304. The maximum atomic E-state index is 13.0. The Hall–Kier alpha value is -3.52. The van der Waals surface area contributed by atoms with Gasteiger partial charge in [-0.2, -0.15) is 5.10 Å². The van der Waals surface area contributed by atoms with Crippen LogP contribution in [-0.4, -0.2) is 68.0 Å². The number of nitrogens with zero attached hydrogens (tertiary/aromatic N) is 6. The molecule has 0 bridgehead atoms. The molecular formula is C23H26N6O2. The third kappa shape index (κ3) is 4.97. The molecule has 1 unspecified atom stereocenters. The highest BCUT2D eigenvalue weighted by Crippen LogP contribution is 2.12. The highest BCUT2D eigenvalue weighted by atomic mass is 16.2. The Kier molecular flexibility index (Phi) is 6.37. The number of carbonyl (C=O) groups excluding carboxylic acids is 1. The summed E-state index contributed by atoms with van der Waals surface area (Å²) < 4.78 is 2.81. The van der Waals surface area contributed by atoms with Crippen LogP contribution in [0.1, 0.15) is 18.5 Å². The summed E-state index contributed by atoms with van der Waals surface area (Å²) in [5, 5.41) is 8.49. The molecule has 1 aromatic carbocycles. The van der Waals surface area contributed by atoms with Gasteiger partial charge in [0.15, 0.2) is 5.82 Å². The number of aromatic nitrogens is 4. The Morgan fingerprint density at radius 3 is 2.55 bits per heavy atom. The van der Waals surface area contributed by atoms with Gasteiger partial charge in [0.2, 0.25) is 5.91 Å². The van der Waals surface area contributed by atoms with Crippen LogP contribution < -0.4 is 5.56 Å². The highest BCUT2D eigenvalue weighted by molar-refractivity contribution is 5.80. The topological polar surface area (TPSA) is 76.3 Å². The lowest BCUT2D eigenvalue weighted by Gasteiger charge is -2.35. The van der Waals surface area contributed by atoms with Gasteiger partial charge in [-0.1, -0.05) is 42.5 Å². The Morgan fingerprint density at radius 2 is 1.84 bits per heavy atom. The van der Waals surface area contributed by atoms with E-state index >= 15 is 0 Å². The van der Waals surface area contributed by atoms with Crippen LogP contribution in [0.3, 0.4) is 0 Å². The van der Waals surface area contributed by atoms with Crippen molar-refractivity contribution in [3.63, 3.8) is 0 Å². The van der Waals surface area contributed by atoms with Crippen molar-refractivity contribution >= 4 is 12.0 Å². The van der Waals surface area contributed by atoms with Crippen molar-refractivity contribution in [1.82, 2.24) is 29.4 Å². The smallest absolute Gasteiger partial charge is 0.267 e. The molecule has 0 radical (unpaired) electrons. The average Bonchev–Trinajstić information content (AvgIpc) is 3.35. The number of hydrogen-bond donors (Lipinski definition) is 0. The number of carbonyl (C=O) groups is 1. The Labute approximate surface area is 181 Å². The Morgan fingerprint density at radius 1 is 1.06 bits per heavy atom. The van der Waals surface area contributed by atoms with Crippen LogP contribution in [0.2, 0.25) is 0 Å². The first kappa shape index (κ1) is 20.7.